The zero-order valence-corrected chi connectivity index (χ0v) is 7.05. The molecule has 0 aliphatic heterocycles. The SMILES string of the molecule is CCO[C](OCC)OC(C)=O. The van der Waals surface area contributed by atoms with E-state index in [0.29, 0.717) is 13.2 Å². The Hall–Kier alpha value is -0.610. The molecule has 0 aromatic heterocycles. The molecule has 0 spiro atoms. The number of ether oxygens (including phenoxy) is 3. The summed E-state index contributed by atoms with van der Waals surface area (Å²) in [5.41, 5.74) is 0. The molecule has 4 nitrogen and oxygen atoms in total. The summed E-state index contributed by atoms with van der Waals surface area (Å²) in [6, 6.07) is 0. The normalized spacial score (nSPS) is 10.2. The van der Waals surface area contributed by atoms with Gasteiger partial charge in [-0.1, -0.05) is 0 Å². The Balaban J connectivity index is 3.59. The number of carbonyl (C=O) groups is 1. The second-order valence-electron chi connectivity index (χ2n) is 1.71. The quantitative estimate of drug-likeness (QED) is 0.566. The Labute approximate surface area is 66.4 Å². The van der Waals surface area contributed by atoms with Crippen molar-refractivity contribution in [3.8, 4) is 0 Å². The van der Waals surface area contributed by atoms with Gasteiger partial charge >= 0.3 is 12.4 Å². The van der Waals surface area contributed by atoms with Crippen molar-refractivity contribution in [3.63, 3.8) is 0 Å². The lowest BCUT2D eigenvalue weighted by Crippen LogP contribution is -2.14. The standard InChI is InChI=1S/C7H13O4/c1-4-9-7(10-5-2)11-6(3)8/h4-5H2,1-3H3. The Bertz CT molecular complexity index is 107. The smallest absolute Gasteiger partial charge is 0.401 e. The third-order valence-electron chi connectivity index (χ3n) is 0.751. The molecule has 0 bridgehead atoms. The average Bonchev–Trinajstić information content (AvgIpc) is 1.87. The molecule has 0 aliphatic carbocycles. The summed E-state index contributed by atoms with van der Waals surface area (Å²) in [5, 5.41) is 0. The number of carbonyl (C=O) groups excluding carboxylic acids is 1. The van der Waals surface area contributed by atoms with Crippen molar-refractivity contribution in [3.05, 3.63) is 6.48 Å². The van der Waals surface area contributed by atoms with Crippen molar-refractivity contribution in [2.45, 2.75) is 20.8 Å². The van der Waals surface area contributed by atoms with Crippen molar-refractivity contribution in [1.82, 2.24) is 0 Å². The fourth-order valence-electron chi connectivity index (χ4n) is 0.454. The Morgan fingerprint density at radius 3 is 1.91 bits per heavy atom. The molecule has 0 unspecified atom stereocenters. The van der Waals surface area contributed by atoms with Gasteiger partial charge in [-0.15, -0.1) is 0 Å². The molecule has 0 aromatic carbocycles. The van der Waals surface area contributed by atoms with Crippen LogP contribution in [0.1, 0.15) is 20.8 Å². The molecule has 1 radical (unpaired) electrons. The minimum absolute atomic E-state index is 0.0671. The molecule has 65 valence electrons. The van der Waals surface area contributed by atoms with Gasteiger partial charge in [0.2, 0.25) is 0 Å². The topological polar surface area (TPSA) is 44.8 Å². The van der Waals surface area contributed by atoms with Crippen LogP contribution in [-0.4, -0.2) is 19.2 Å². The Morgan fingerprint density at radius 1 is 1.18 bits per heavy atom. The highest BCUT2D eigenvalue weighted by Crippen LogP contribution is 2.06. The average molecular weight is 161 g/mol. The number of hydrogen-bond acceptors (Lipinski definition) is 4. The van der Waals surface area contributed by atoms with E-state index in [-0.39, 0.29) is 6.48 Å². The molecule has 0 heterocycles. The molecule has 4 heteroatoms. The number of rotatable bonds is 5. The summed E-state index contributed by atoms with van der Waals surface area (Å²) < 4.78 is 14.3. The van der Waals surface area contributed by atoms with Crippen LogP contribution in [0.3, 0.4) is 0 Å². The largest absolute Gasteiger partial charge is 0.430 e. The van der Waals surface area contributed by atoms with Crippen LogP contribution in [0.5, 0.6) is 0 Å². The minimum Gasteiger partial charge on any atom is -0.401 e. The van der Waals surface area contributed by atoms with Crippen LogP contribution in [0.15, 0.2) is 0 Å². The maximum absolute atomic E-state index is 10.4. The Morgan fingerprint density at radius 2 is 1.64 bits per heavy atom. The van der Waals surface area contributed by atoms with E-state index in [0.717, 1.165) is 0 Å². The highest BCUT2D eigenvalue weighted by atomic mass is 16.8. The summed E-state index contributed by atoms with van der Waals surface area (Å²) in [6.45, 7) is 5.62. The van der Waals surface area contributed by atoms with Gasteiger partial charge in [0, 0.05) is 6.92 Å². The molecule has 0 N–H and O–H groups in total. The van der Waals surface area contributed by atoms with Gasteiger partial charge in [-0.25, -0.2) is 0 Å². The second-order valence-corrected chi connectivity index (χ2v) is 1.71. The van der Waals surface area contributed by atoms with Crippen LogP contribution in [0.25, 0.3) is 0 Å². The minimum atomic E-state index is -0.443. The Kier molecular flexibility index (Phi) is 5.78. The first-order chi connectivity index (χ1) is 5.20. The number of esters is 1. The van der Waals surface area contributed by atoms with E-state index < -0.39 is 5.97 Å². The van der Waals surface area contributed by atoms with Gasteiger partial charge in [0.1, 0.15) is 0 Å². The first kappa shape index (κ1) is 10.4. The zero-order chi connectivity index (χ0) is 8.69. The van der Waals surface area contributed by atoms with E-state index in [4.69, 9.17) is 9.47 Å². The lowest BCUT2D eigenvalue weighted by atomic mass is 10.8. The molecule has 0 fully saturated rings. The van der Waals surface area contributed by atoms with E-state index in [2.05, 4.69) is 4.74 Å². The second kappa shape index (κ2) is 6.12. The van der Waals surface area contributed by atoms with Gasteiger partial charge in [-0.2, -0.15) is 0 Å². The maximum Gasteiger partial charge on any atom is 0.430 e. The molecule has 0 saturated carbocycles. The lowest BCUT2D eigenvalue weighted by molar-refractivity contribution is -0.193. The zero-order valence-electron chi connectivity index (χ0n) is 7.05. The van der Waals surface area contributed by atoms with E-state index in [1.165, 1.54) is 6.92 Å². The molecule has 0 atom stereocenters. The third kappa shape index (κ3) is 5.82. The first-order valence-corrected chi connectivity index (χ1v) is 3.51. The summed E-state index contributed by atoms with van der Waals surface area (Å²) in [6.07, 6.45) is 0. The first-order valence-electron chi connectivity index (χ1n) is 3.51. The van der Waals surface area contributed by atoms with Crippen molar-refractivity contribution in [2.24, 2.45) is 0 Å². The number of hydrogen-bond donors (Lipinski definition) is 0. The van der Waals surface area contributed by atoms with Gasteiger partial charge in [0.25, 0.3) is 0 Å². The third-order valence-corrected chi connectivity index (χ3v) is 0.751. The molecule has 0 rings (SSSR count). The molecular weight excluding hydrogens is 148 g/mol. The van der Waals surface area contributed by atoms with Gasteiger partial charge in [0.15, 0.2) is 0 Å². The van der Waals surface area contributed by atoms with E-state index in [1.54, 1.807) is 13.8 Å². The molecule has 0 saturated heterocycles. The van der Waals surface area contributed by atoms with Crippen LogP contribution in [0.4, 0.5) is 0 Å². The van der Waals surface area contributed by atoms with Crippen LogP contribution in [0, 0.1) is 6.48 Å². The lowest BCUT2D eigenvalue weighted by Gasteiger charge is -2.11. The van der Waals surface area contributed by atoms with Crippen molar-refractivity contribution in [1.29, 1.82) is 0 Å². The van der Waals surface area contributed by atoms with Crippen LogP contribution < -0.4 is 0 Å². The molecule has 0 aliphatic rings. The van der Waals surface area contributed by atoms with Crippen LogP contribution in [0.2, 0.25) is 0 Å². The highest BCUT2D eigenvalue weighted by Gasteiger charge is 2.14. The summed E-state index contributed by atoms with van der Waals surface area (Å²) >= 11 is 0. The van der Waals surface area contributed by atoms with Crippen molar-refractivity contribution < 1.29 is 19.0 Å². The predicted molar refractivity (Wildman–Crippen MR) is 38.3 cm³/mol. The predicted octanol–water partition coefficient (Wildman–Crippen LogP) is 1.07. The van der Waals surface area contributed by atoms with E-state index >= 15 is 0 Å². The summed E-state index contributed by atoms with van der Waals surface area (Å²) in [7, 11) is 0. The maximum atomic E-state index is 10.4. The molecular formula is C7H13O4. The molecule has 0 aromatic rings. The van der Waals surface area contributed by atoms with Gasteiger partial charge in [0.05, 0.1) is 13.2 Å². The van der Waals surface area contributed by atoms with E-state index in [1.807, 2.05) is 0 Å². The van der Waals surface area contributed by atoms with Crippen LogP contribution >= 0.6 is 0 Å². The summed E-state index contributed by atoms with van der Waals surface area (Å²) in [4.78, 5) is 10.4. The fraction of sp³-hybridized carbons (Fsp3) is 0.714. The van der Waals surface area contributed by atoms with Gasteiger partial charge in [-0.05, 0) is 13.8 Å². The highest BCUT2D eigenvalue weighted by molar-refractivity contribution is 5.66. The van der Waals surface area contributed by atoms with Crippen LogP contribution in [-0.2, 0) is 19.0 Å². The fourth-order valence-corrected chi connectivity index (χ4v) is 0.454. The van der Waals surface area contributed by atoms with Gasteiger partial charge < -0.3 is 14.2 Å². The molecule has 11 heavy (non-hydrogen) atoms. The molecule has 0 amide bonds. The van der Waals surface area contributed by atoms with Crippen molar-refractivity contribution >= 4 is 5.97 Å². The summed E-state index contributed by atoms with van der Waals surface area (Å²) in [5.74, 6) is -0.443. The van der Waals surface area contributed by atoms with Gasteiger partial charge in [-0.3, -0.25) is 4.79 Å². The monoisotopic (exact) mass is 161 g/mol. The van der Waals surface area contributed by atoms with E-state index in [9.17, 15) is 4.79 Å². The van der Waals surface area contributed by atoms with Crippen molar-refractivity contribution in [2.75, 3.05) is 13.2 Å².